The molecule has 1 aromatic heterocycles. The lowest BCUT2D eigenvalue weighted by molar-refractivity contribution is 0.505. The molecule has 66 valence electrons. The number of hydrazone groups is 1. The fourth-order valence-electron chi connectivity index (χ4n) is 0.867. The molecular weight excluding hydrogens is 156 g/mol. The second-order valence-electron chi connectivity index (χ2n) is 2.24. The van der Waals surface area contributed by atoms with Gasteiger partial charge in [0.15, 0.2) is 5.76 Å². The van der Waals surface area contributed by atoms with Crippen LogP contribution in [-0.2, 0) is 6.42 Å². The average Bonchev–Trinajstić information content (AvgIpc) is 2.55. The summed E-state index contributed by atoms with van der Waals surface area (Å²) in [6, 6.07) is 3.63. The van der Waals surface area contributed by atoms with Crippen molar-refractivity contribution >= 4 is 5.84 Å². The second kappa shape index (κ2) is 3.77. The van der Waals surface area contributed by atoms with Gasteiger partial charge in [0, 0.05) is 6.42 Å². The summed E-state index contributed by atoms with van der Waals surface area (Å²) in [6.45, 7) is 2.00. The average molecular weight is 168 g/mol. The van der Waals surface area contributed by atoms with Crippen LogP contribution < -0.4 is 17.1 Å². The quantitative estimate of drug-likeness (QED) is 0.249. The van der Waals surface area contributed by atoms with Gasteiger partial charge in [-0.25, -0.2) is 5.84 Å². The Kier molecular flexibility index (Phi) is 2.71. The molecule has 0 amide bonds. The summed E-state index contributed by atoms with van der Waals surface area (Å²) >= 11 is 0. The molecule has 5 heteroatoms. The molecule has 12 heavy (non-hydrogen) atoms. The summed E-state index contributed by atoms with van der Waals surface area (Å²) < 4.78 is 5.32. The highest BCUT2D eigenvalue weighted by Gasteiger charge is 2.05. The molecule has 0 aliphatic rings. The lowest BCUT2D eigenvalue weighted by Crippen LogP contribution is -2.31. The Labute approximate surface area is 70.4 Å². The lowest BCUT2D eigenvalue weighted by atomic mass is 10.3. The van der Waals surface area contributed by atoms with E-state index >= 15 is 0 Å². The van der Waals surface area contributed by atoms with Crippen LogP contribution in [0.3, 0.4) is 0 Å². The van der Waals surface area contributed by atoms with Gasteiger partial charge in [0.1, 0.15) is 5.76 Å². The van der Waals surface area contributed by atoms with Crippen LogP contribution in [0.4, 0.5) is 0 Å². The first-order chi connectivity index (χ1) is 5.81. The summed E-state index contributed by atoms with van der Waals surface area (Å²) in [5, 5.41) is 3.41. The maximum atomic E-state index is 5.32. The Morgan fingerprint density at radius 1 is 1.67 bits per heavy atom. The van der Waals surface area contributed by atoms with Crippen LogP contribution in [0.5, 0.6) is 0 Å². The minimum absolute atomic E-state index is 0.342. The molecule has 0 spiro atoms. The molecule has 0 atom stereocenters. The number of furan rings is 1. The van der Waals surface area contributed by atoms with Gasteiger partial charge in [-0.2, -0.15) is 5.10 Å². The minimum Gasteiger partial charge on any atom is -0.458 e. The third-order valence-corrected chi connectivity index (χ3v) is 1.51. The van der Waals surface area contributed by atoms with Crippen molar-refractivity contribution in [2.24, 2.45) is 16.8 Å². The van der Waals surface area contributed by atoms with E-state index < -0.39 is 0 Å². The lowest BCUT2D eigenvalue weighted by Gasteiger charge is -1.98. The highest BCUT2D eigenvalue weighted by Crippen LogP contribution is 2.07. The number of nitrogens with zero attached hydrogens (tertiary/aromatic N) is 1. The number of nitrogens with two attached hydrogens (primary N) is 2. The molecule has 0 aromatic carbocycles. The van der Waals surface area contributed by atoms with Crippen molar-refractivity contribution < 1.29 is 4.42 Å². The number of aryl methyl sites for hydroxylation is 1. The standard InChI is InChI=1S/C7H12N4O/c1-2-5-3-4-6(12-5)7(10-8)11-9/h3-4H,2,8-9H2,1H3,(H,10,11). The Balaban J connectivity index is 2.87. The number of nitrogens with one attached hydrogen (secondary N) is 1. The molecule has 0 saturated carbocycles. The molecule has 1 heterocycles. The van der Waals surface area contributed by atoms with Crippen molar-refractivity contribution in [2.75, 3.05) is 0 Å². The first-order valence-electron chi connectivity index (χ1n) is 3.65. The monoisotopic (exact) mass is 168 g/mol. The molecule has 0 saturated heterocycles. The number of rotatable bonds is 2. The SMILES string of the molecule is CCc1ccc(/C(=N/N)NN)o1. The van der Waals surface area contributed by atoms with Crippen molar-refractivity contribution in [1.29, 1.82) is 0 Å². The van der Waals surface area contributed by atoms with Crippen molar-refractivity contribution in [3.8, 4) is 0 Å². The van der Waals surface area contributed by atoms with Gasteiger partial charge in [0.25, 0.3) is 0 Å². The van der Waals surface area contributed by atoms with Crippen molar-refractivity contribution in [3.63, 3.8) is 0 Å². The van der Waals surface area contributed by atoms with E-state index in [9.17, 15) is 0 Å². The molecule has 1 rings (SSSR count). The summed E-state index contributed by atoms with van der Waals surface area (Å²) in [5.74, 6) is 12.0. The molecular formula is C7H12N4O. The largest absolute Gasteiger partial charge is 0.458 e. The van der Waals surface area contributed by atoms with Crippen LogP contribution >= 0.6 is 0 Å². The van der Waals surface area contributed by atoms with E-state index in [1.807, 2.05) is 13.0 Å². The van der Waals surface area contributed by atoms with Crippen molar-refractivity contribution in [3.05, 3.63) is 23.7 Å². The van der Waals surface area contributed by atoms with Crippen LogP contribution in [0.2, 0.25) is 0 Å². The molecule has 0 bridgehead atoms. The van der Waals surface area contributed by atoms with Gasteiger partial charge in [-0.15, -0.1) is 0 Å². The van der Waals surface area contributed by atoms with Crippen molar-refractivity contribution in [1.82, 2.24) is 5.43 Å². The molecule has 0 fully saturated rings. The molecule has 0 radical (unpaired) electrons. The smallest absolute Gasteiger partial charge is 0.202 e. The molecule has 0 aliphatic heterocycles. The Morgan fingerprint density at radius 2 is 2.42 bits per heavy atom. The van der Waals surface area contributed by atoms with E-state index in [0.29, 0.717) is 11.6 Å². The normalized spacial score (nSPS) is 11.7. The predicted molar refractivity (Wildman–Crippen MR) is 46.1 cm³/mol. The van der Waals surface area contributed by atoms with Gasteiger partial charge >= 0.3 is 0 Å². The predicted octanol–water partition coefficient (Wildman–Crippen LogP) is -0.0744. The summed E-state index contributed by atoms with van der Waals surface area (Å²) in [5.41, 5.74) is 2.34. The minimum atomic E-state index is 0.342. The number of hydrazine groups is 1. The molecule has 5 N–H and O–H groups in total. The van der Waals surface area contributed by atoms with Crippen LogP contribution in [0.15, 0.2) is 21.7 Å². The maximum Gasteiger partial charge on any atom is 0.202 e. The third-order valence-electron chi connectivity index (χ3n) is 1.51. The van der Waals surface area contributed by atoms with Crippen LogP contribution in [0.25, 0.3) is 0 Å². The van der Waals surface area contributed by atoms with E-state index in [1.54, 1.807) is 6.07 Å². The first kappa shape index (κ1) is 8.61. The molecule has 1 aromatic rings. The zero-order valence-corrected chi connectivity index (χ0v) is 6.87. The van der Waals surface area contributed by atoms with Crippen LogP contribution in [-0.4, -0.2) is 5.84 Å². The van der Waals surface area contributed by atoms with E-state index in [4.69, 9.17) is 16.1 Å². The van der Waals surface area contributed by atoms with Crippen molar-refractivity contribution in [2.45, 2.75) is 13.3 Å². The van der Waals surface area contributed by atoms with Gasteiger partial charge in [0.05, 0.1) is 0 Å². The van der Waals surface area contributed by atoms with Gasteiger partial charge in [-0.1, -0.05) is 6.92 Å². The highest BCUT2D eigenvalue weighted by molar-refractivity contribution is 5.95. The van der Waals surface area contributed by atoms with E-state index in [1.165, 1.54) is 0 Å². The third kappa shape index (κ3) is 1.57. The topological polar surface area (TPSA) is 89.6 Å². The fraction of sp³-hybridized carbons (Fsp3) is 0.286. The van der Waals surface area contributed by atoms with Crippen LogP contribution in [0, 0.1) is 0 Å². The first-order valence-corrected chi connectivity index (χ1v) is 3.65. The number of hydrogen-bond acceptors (Lipinski definition) is 4. The highest BCUT2D eigenvalue weighted by atomic mass is 16.3. The fourth-order valence-corrected chi connectivity index (χ4v) is 0.867. The van der Waals surface area contributed by atoms with Gasteiger partial charge in [-0.05, 0) is 12.1 Å². The van der Waals surface area contributed by atoms with Gasteiger partial charge < -0.3 is 15.7 Å². The number of hydrogen-bond donors (Lipinski definition) is 3. The Bertz CT molecular complexity index is 279. The van der Waals surface area contributed by atoms with Crippen LogP contribution in [0.1, 0.15) is 18.4 Å². The zero-order valence-electron chi connectivity index (χ0n) is 6.87. The van der Waals surface area contributed by atoms with E-state index in [2.05, 4.69) is 10.5 Å². The van der Waals surface area contributed by atoms with E-state index in [0.717, 1.165) is 12.2 Å². The summed E-state index contributed by atoms with van der Waals surface area (Å²) in [6.07, 6.45) is 0.836. The van der Waals surface area contributed by atoms with Gasteiger partial charge in [0.2, 0.25) is 5.84 Å². The molecule has 5 nitrogen and oxygen atoms in total. The maximum absolute atomic E-state index is 5.32. The molecule has 0 unspecified atom stereocenters. The zero-order chi connectivity index (χ0) is 8.97. The summed E-state index contributed by atoms with van der Waals surface area (Å²) in [7, 11) is 0. The summed E-state index contributed by atoms with van der Waals surface area (Å²) in [4.78, 5) is 0. The second-order valence-corrected chi connectivity index (χ2v) is 2.24. The Hall–Kier alpha value is -1.49. The Morgan fingerprint density at radius 3 is 2.83 bits per heavy atom. The number of amidine groups is 1. The van der Waals surface area contributed by atoms with E-state index in [-0.39, 0.29) is 0 Å². The van der Waals surface area contributed by atoms with Gasteiger partial charge in [-0.3, -0.25) is 0 Å². The molecule has 0 aliphatic carbocycles.